The molecule has 106 valence electrons. The van der Waals surface area contributed by atoms with Gasteiger partial charge in [-0.25, -0.2) is 15.8 Å². The number of aromatic nitrogens is 2. The van der Waals surface area contributed by atoms with Gasteiger partial charge in [-0.3, -0.25) is 0 Å². The summed E-state index contributed by atoms with van der Waals surface area (Å²) < 4.78 is 0. The third-order valence-corrected chi connectivity index (χ3v) is 3.65. The Balaban J connectivity index is 1.99. The molecule has 0 bridgehead atoms. The van der Waals surface area contributed by atoms with Crippen molar-refractivity contribution in [1.82, 2.24) is 9.97 Å². The van der Waals surface area contributed by atoms with Gasteiger partial charge in [0.2, 0.25) is 0 Å². The summed E-state index contributed by atoms with van der Waals surface area (Å²) in [5.74, 6) is 7.83. The summed E-state index contributed by atoms with van der Waals surface area (Å²) in [4.78, 5) is 8.41. The molecule has 1 saturated carbocycles. The number of aryl methyl sites for hydroxylation is 1. The van der Waals surface area contributed by atoms with Crippen LogP contribution in [0.4, 0.5) is 11.6 Å². The molecule has 1 fully saturated rings. The summed E-state index contributed by atoms with van der Waals surface area (Å²) in [6, 6.07) is 1.74. The van der Waals surface area contributed by atoms with Crippen molar-refractivity contribution in [3.05, 3.63) is 11.9 Å². The maximum absolute atomic E-state index is 10.6. The third-order valence-electron chi connectivity index (χ3n) is 3.65. The largest absolute Gasteiger partial charge is 0.388 e. The Bertz CT molecular complexity index is 439. The summed E-state index contributed by atoms with van der Waals surface area (Å²) in [5.41, 5.74) is 1.88. The fourth-order valence-corrected chi connectivity index (χ4v) is 2.78. The van der Waals surface area contributed by atoms with Crippen molar-refractivity contribution in [3.8, 4) is 0 Å². The van der Waals surface area contributed by atoms with Crippen LogP contribution in [0.2, 0.25) is 0 Å². The van der Waals surface area contributed by atoms with Gasteiger partial charge in [-0.1, -0.05) is 19.8 Å². The van der Waals surface area contributed by atoms with Gasteiger partial charge in [0, 0.05) is 12.6 Å². The van der Waals surface area contributed by atoms with Crippen molar-refractivity contribution < 1.29 is 5.11 Å². The Morgan fingerprint density at radius 3 is 2.89 bits per heavy atom. The molecule has 2 rings (SSSR count). The van der Waals surface area contributed by atoms with Crippen LogP contribution in [0.3, 0.4) is 0 Å². The zero-order valence-corrected chi connectivity index (χ0v) is 11.6. The summed E-state index contributed by atoms with van der Waals surface area (Å²) in [5, 5.41) is 13.7. The number of nitrogens with zero attached hydrogens (tertiary/aromatic N) is 2. The van der Waals surface area contributed by atoms with Gasteiger partial charge in [0.25, 0.3) is 0 Å². The van der Waals surface area contributed by atoms with E-state index >= 15 is 0 Å². The minimum absolute atomic E-state index is 0.512. The van der Waals surface area contributed by atoms with Gasteiger partial charge in [-0.2, -0.15) is 0 Å². The monoisotopic (exact) mass is 265 g/mol. The second-order valence-corrected chi connectivity index (χ2v) is 5.61. The average Bonchev–Trinajstić information content (AvgIpc) is 2.35. The summed E-state index contributed by atoms with van der Waals surface area (Å²) in [6.45, 7) is 4.51. The van der Waals surface area contributed by atoms with E-state index in [2.05, 4.69) is 27.6 Å². The first-order valence-electron chi connectivity index (χ1n) is 6.79. The number of hydrazine groups is 1. The number of nitrogen functional groups attached to an aromatic ring is 1. The molecule has 2 atom stereocenters. The molecule has 0 radical (unpaired) electrons. The maximum Gasteiger partial charge on any atom is 0.145 e. The molecule has 1 heterocycles. The van der Waals surface area contributed by atoms with E-state index in [1.165, 1.54) is 6.42 Å². The third kappa shape index (κ3) is 3.78. The highest BCUT2D eigenvalue weighted by Crippen LogP contribution is 2.32. The zero-order chi connectivity index (χ0) is 13.9. The normalized spacial score (nSPS) is 27.1. The fraction of sp³-hybridized carbons (Fsp3) is 0.692. The van der Waals surface area contributed by atoms with Gasteiger partial charge in [0.15, 0.2) is 0 Å². The van der Waals surface area contributed by atoms with E-state index in [1.807, 2.05) is 6.92 Å². The average molecular weight is 265 g/mol. The van der Waals surface area contributed by atoms with Crippen molar-refractivity contribution >= 4 is 11.6 Å². The van der Waals surface area contributed by atoms with Crippen LogP contribution in [0.5, 0.6) is 0 Å². The van der Waals surface area contributed by atoms with Gasteiger partial charge < -0.3 is 15.8 Å². The number of rotatable bonds is 4. The van der Waals surface area contributed by atoms with E-state index in [9.17, 15) is 5.11 Å². The van der Waals surface area contributed by atoms with Crippen LogP contribution in [-0.4, -0.2) is 27.2 Å². The zero-order valence-electron chi connectivity index (χ0n) is 11.6. The maximum atomic E-state index is 10.6. The van der Waals surface area contributed by atoms with E-state index < -0.39 is 5.60 Å². The molecule has 0 saturated heterocycles. The molecule has 1 aliphatic carbocycles. The summed E-state index contributed by atoms with van der Waals surface area (Å²) in [7, 11) is 0. The Morgan fingerprint density at radius 2 is 2.21 bits per heavy atom. The second-order valence-electron chi connectivity index (χ2n) is 5.61. The first kappa shape index (κ1) is 14.0. The van der Waals surface area contributed by atoms with E-state index in [0.29, 0.717) is 29.9 Å². The number of aliphatic hydroxyl groups is 1. The molecule has 0 aliphatic heterocycles. The minimum Gasteiger partial charge on any atom is -0.388 e. The number of hydrogen-bond donors (Lipinski definition) is 4. The van der Waals surface area contributed by atoms with Crippen molar-refractivity contribution in [2.24, 2.45) is 11.8 Å². The Morgan fingerprint density at radius 1 is 1.47 bits per heavy atom. The number of anilines is 2. The topological polar surface area (TPSA) is 96.1 Å². The molecule has 6 nitrogen and oxygen atoms in total. The predicted molar refractivity (Wildman–Crippen MR) is 75.7 cm³/mol. The molecule has 0 aromatic carbocycles. The van der Waals surface area contributed by atoms with E-state index in [0.717, 1.165) is 19.3 Å². The van der Waals surface area contributed by atoms with E-state index in [4.69, 9.17) is 5.84 Å². The summed E-state index contributed by atoms with van der Waals surface area (Å²) in [6.07, 6.45) is 3.97. The van der Waals surface area contributed by atoms with Gasteiger partial charge in [-0.05, 0) is 25.7 Å². The minimum atomic E-state index is -0.632. The highest BCUT2D eigenvalue weighted by Gasteiger charge is 2.32. The fourth-order valence-electron chi connectivity index (χ4n) is 2.78. The van der Waals surface area contributed by atoms with Crippen LogP contribution >= 0.6 is 0 Å². The summed E-state index contributed by atoms with van der Waals surface area (Å²) >= 11 is 0. The van der Waals surface area contributed by atoms with Gasteiger partial charge in [-0.15, -0.1) is 0 Å². The first-order chi connectivity index (χ1) is 9.00. The molecular formula is C13H23N5O. The Hall–Kier alpha value is -1.40. The van der Waals surface area contributed by atoms with Gasteiger partial charge in [0.05, 0.1) is 5.60 Å². The smallest absolute Gasteiger partial charge is 0.145 e. The van der Waals surface area contributed by atoms with Crippen LogP contribution in [0.15, 0.2) is 6.07 Å². The molecular weight excluding hydrogens is 242 g/mol. The molecule has 19 heavy (non-hydrogen) atoms. The van der Waals surface area contributed by atoms with Crippen molar-refractivity contribution in [2.45, 2.75) is 45.1 Å². The van der Waals surface area contributed by atoms with Crippen molar-refractivity contribution in [1.29, 1.82) is 0 Å². The number of nitrogens with one attached hydrogen (secondary N) is 2. The molecule has 0 spiro atoms. The highest BCUT2D eigenvalue weighted by atomic mass is 16.3. The molecule has 2 unspecified atom stereocenters. The predicted octanol–water partition coefficient (Wildman–Crippen LogP) is 1.42. The van der Waals surface area contributed by atoms with E-state index in [1.54, 1.807) is 6.07 Å². The van der Waals surface area contributed by atoms with Crippen LogP contribution in [-0.2, 0) is 0 Å². The Labute approximate surface area is 113 Å². The lowest BCUT2D eigenvalue weighted by molar-refractivity contribution is -0.000831. The molecule has 1 aliphatic rings. The van der Waals surface area contributed by atoms with Crippen LogP contribution < -0.4 is 16.6 Å². The van der Waals surface area contributed by atoms with Gasteiger partial charge in [0.1, 0.15) is 17.5 Å². The van der Waals surface area contributed by atoms with Crippen molar-refractivity contribution in [3.63, 3.8) is 0 Å². The van der Waals surface area contributed by atoms with E-state index in [-0.39, 0.29) is 0 Å². The molecule has 1 aromatic heterocycles. The molecule has 0 amide bonds. The molecule has 6 heteroatoms. The SMILES string of the molecule is Cc1nc(NN)cc(NCC2(O)CCCC(C)C2)n1. The van der Waals surface area contributed by atoms with Crippen LogP contribution in [0.1, 0.15) is 38.4 Å². The number of nitrogens with two attached hydrogens (primary N) is 1. The van der Waals surface area contributed by atoms with Gasteiger partial charge >= 0.3 is 0 Å². The first-order valence-corrected chi connectivity index (χ1v) is 6.79. The molecule has 5 N–H and O–H groups in total. The lowest BCUT2D eigenvalue weighted by Gasteiger charge is -2.35. The second kappa shape index (κ2) is 5.71. The lowest BCUT2D eigenvalue weighted by Crippen LogP contribution is -2.41. The van der Waals surface area contributed by atoms with Crippen LogP contribution in [0, 0.1) is 12.8 Å². The van der Waals surface area contributed by atoms with Crippen molar-refractivity contribution in [2.75, 3.05) is 17.3 Å². The van der Waals surface area contributed by atoms with Crippen LogP contribution in [0.25, 0.3) is 0 Å². The number of hydrogen-bond acceptors (Lipinski definition) is 6. The Kier molecular flexibility index (Phi) is 4.21. The standard InChI is InChI=1S/C13H23N5O/c1-9-4-3-5-13(19,7-9)8-15-11-6-12(18-14)17-10(2)16-11/h6,9,19H,3-5,7-8,14H2,1-2H3,(H2,15,16,17,18). The quantitative estimate of drug-likeness (QED) is 0.486. The lowest BCUT2D eigenvalue weighted by atomic mass is 9.79. The molecule has 1 aromatic rings. The highest BCUT2D eigenvalue weighted by molar-refractivity contribution is 5.46.